The van der Waals surface area contributed by atoms with Gasteiger partial charge in [0.2, 0.25) is 5.91 Å². The highest BCUT2D eigenvalue weighted by Crippen LogP contribution is 2.29. The van der Waals surface area contributed by atoms with Gasteiger partial charge in [-0.25, -0.2) is 4.79 Å². The van der Waals surface area contributed by atoms with Gasteiger partial charge in [-0.1, -0.05) is 48.0 Å². The molecule has 1 unspecified atom stereocenters. The average molecular weight is 409 g/mol. The Bertz CT molecular complexity index is 957. The lowest BCUT2D eigenvalue weighted by molar-refractivity contribution is -0.138. The Labute approximate surface area is 176 Å². The zero-order valence-electron chi connectivity index (χ0n) is 17.8. The third-order valence-corrected chi connectivity index (χ3v) is 5.40. The second-order valence-electron chi connectivity index (χ2n) is 7.74. The number of ether oxygens (including phenoxy) is 1. The van der Waals surface area contributed by atoms with Crippen LogP contribution in [-0.4, -0.2) is 54.4 Å². The van der Waals surface area contributed by atoms with Crippen LogP contribution in [0.5, 0.6) is 5.75 Å². The first-order chi connectivity index (χ1) is 14.2. The molecular weight excluding hydrogens is 382 g/mol. The molecule has 2 aromatic rings. The fourth-order valence-corrected chi connectivity index (χ4v) is 3.31. The van der Waals surface area contributed by atoms with Crippen molar-refractivity contribution in [3.05, 3.63) is 65.2 Å². The first-order valence-electron chi connectivity index (χ1n) is 9.86. The van der Waals surface area contributed by atoms with Gasteiger partial charge in [0, 0.05) is 7.05 Å². The second-order valence-corrected chi connectivity index (χ2v) is 7.74. The van der Waals surface area contributed by atoms with Crippen LogP contribution in [0.3, 0.4) is 0 Å². The highest BCUT2D eigenvalue weighted by atomic mass is 16.5. The lowest BCUT2D eigenvalue weighted by Gasteiger charge is -2.23. The Balaban J connectivity index is 1.59. The summed E-state index contributed by atoms with van der Waals surface area (Å²) in [6.07, 6.45) is 0. The lowest BCUT2D eigenvalue weighted by atomic mass is 9.91. The van der Waals surface area contributed by atoms with Crippen LogP contribution in [0.2, 0.25) is 0 Å². The molecule has 158 valence electrons. The van der Waals surface area contributed by atoms with E-state index in [0.29, 0.717) is 18.7 Å². The summed E-state index contributed by atoms with van der Waals surface area (Å²) in [4.78, 5) is 40.4. The van der Waals surface area contributed by atoms with Gasteiger partial charge in [0.15, 0.2) is 0 Å². The zero-order valence-corrected chi connectivity index (χ0v) is 17.8. The van der Waals surface area contributed by atoms with E-state index in [0.717, 1.165) is 21.8 Å². The third kappa shape index (κ3) is 4.30. The van der Waals surface area contributed by atoms with Gasteiger partial charge in [-0.05, 0) is 38.0 Å². The molecule has 1 heterocycles. The molecule has 1 saturated heterocycles. The highest BCUT2D eigenvalue weighted by Gasteiger charge is 2.49. The van der Waals surface area contributed by atoms with E-state index in [4.69, 9.17) is 4.74 Å². The van der Waals surface area contributed by atoms with Crippen molar-refractivity contribution in [3.8, 4) is 5.75 Å². The van der Waals surface area contributed by atoms with E-state index >= 15 is 0 Å². The van der Waals surface area contributed by atoms with Crippen molar-refractivity contribution in [2.75, 3.05) is 26.7 Å². The minimum atomic E-state index is -1.18. The molecule has 0 spiro atoms. The summed E-state index contributed by atoms with van der Waals surface area (Å²) in [6, 6.07) is 14.5. The molecule has 0 radical (unpaired) electrons. The maximum atomic E-state index is 13.0. The molecule has 1 N–H and O–H groups in total. The number of benzene rings is 2. The molecular formula is C23H27N3O4. The van der Waals surface area contributed by atoms with Crippen LogP contribution in [0.1, 0.15) is 23.6 Å². The van der Waals surface area contributed by atoms with Crippen molar-refractivity contribution in [1.82, 2.24) is 15.1 Å². The number of rotatable bonds is 7. The van der Waals surface area contributed by atoms with Crippen molar-refractivity contribution in [2.45, 2.75) is 26.3 Å². The Morgan fingerprint density at radius 2 is 1.77 bits per heavy atom. The Morgan fingerprint density at radius 3 is 2.43 bits per heavy atom. The van der Waals surface area contributed by atoms with Crippen molar-refractivity contribution in [3.63, 3.8) is 0 Å². The number of para-hydroxylation sites is 1. The van der Waals surface area contributed by atoms with Crippen LogP contribution in [0.25, 0.3) is 0 Å². The minimum absolute atomic E-state index is 0.313. The first kappa shape index (κ1) is 21.4. The minimum Gasteiger partial charge on any atom is -0.491 e. The van der Waals surface area contributed by atoms with Gasteiger partial charge in [-0.2, -0.15) is 0 Å². The third-order valence-electron chi connectivity index (χ3n) is 5.40. The zero-order chi connectivity index (χ0) is 21.9. The molecule has 7 heteroatoms. The Kier molecular flexibility index (Phi) is 6.10. The molecule has 0 aromatic heterocycles. The van der Waals surface area contributed by atoms with Crippen molar-refractivity contribution in [1.29, 1.82) is 0 Å². The molecule has 1 atom stereocenters. The summed E-state index contributed by atoms with van der Waals surface area (Å²) in [5.74, 6) is -0.00406. The number of nitrogens with one attached hydrogen (secondary N) is 1. The molecule has 0 saturated carbocycles. The number of imide groups is 1. The lowest BCUT2D eigenvalue weighted by Crippen LogP contribution is -2.44. The maximum Gasteiger partial charge on any atom is 0.325 e. The van der Waals surface area contributed by atoms with Crippen molar-refractivity contribution >= 4 is 17.8 Å². The summed E-state index contributed by atoms with van der Waals surface area (Å²) >= 11 is 0. The van der Waals surface area contributed by atoms with Crippen LogP contribution in [0.15, 0.2) is 48.5 Å². The van der Waals surface area contributed by atoms with Gasteiger partial charge in [-0.15, -0.1) is 0 Å². The maximum absolute atomic E-state index is 13.0. The number of carbonyl (C=O) groups is 3. The van der Waals surface area contributed by atoms with E-state index in [2.05, 4.69) is 5.32 Å². The summed E-state index contributed by atoms with van der Waals surface area (Å²) in [5.41, 5.74) is 1.57. The molecule has 1 aliphatic heterocycles. The normalized spacial score (nSPS) is 18.3. The monoisotopic (exact) mass is 409 g/mol. The first-order valence-corrected chi connectivity index (χ1v) is 9.86. The largest absolute Gasteiger partial charge is 0.491 e. The molecule has 3 rings (SSSR count). The fourth-order valence-electron chi connectivity index (χ4n) is 3.31. The van der Waals surface area contributed by atoms with Crippen LogP contribution >= 0.6 is 0 Å². The van der Waals surface area contributed by atoms with Crippen molar-refractivity contribution < 1.29 is 19.1 Å². The Hall–Kier alpha value is -3.35. The molecule has 7 nitrogen and oxygen atoms in total. The van der Waals surface area contributed by atoms with Gasteiger partial charge < -0.3 is 15.0 Å². The van der Waals surface area contributed by atoms with Gasteiger partial charge >= 0.3 is 6.03 Å². The number of hydrogen-bond donors (Lipinski definition) is 1. The molecule has 4 amide bonds. The summed E-state index contributed by atoms with van der Waals surface area (Å²) in [7, 11) is 1.63. The number of hydrogen-bond acceptors (Lipinski definition) is 4. The van der Waals surface area contributed by atoms with E-state index in [9.17, 15) is 14.4 Å². The quantitative estimate of drug-likeness (QED) is 0.713. The summed E-state index contributed by atoms with van der Waals surface area (Å²) in [6.45, 7) is 5.90. The molecule has 0 bridgehead atoms. The number of carbonyl (C=O) groups excluding carboxylic acids is 3. The molecule has 30 heavy (non-hydrogen) atoms. The predicted molar refractivity (Wildman–Crippen MR) is 113 cm³/mol. The summed E-state index contributed by atoms with van der Waals surface area (Å²) < 4.78 is 5.72. The number of nitrogens with zero attached hydrogens (tertiary/aromatic N) is 2. The second kappa shape index (κ2) is 8.57. The SMILES string of the molecule is Cc1ccc(C2(C)NC(=O)N(CC(=O)N(C)CCOc3ccccc3C)C2=O)cc1. The molecule has 1 fully saturated rings. The topological polar surface area (TPSA) is 79.0 Å². The smallest absolute Gasteiger partial charge is 0.325 e. The average Bonchev–Trinajstić information content (AvgIpc) is 2.93. The molecule has 1 aliphatic rings. The Morgan fingerprint density at radius 1 is 1.10 bits per heavy atom. The highest BCUT2D eigenvalue weighted by molar-refractivity contribution is 6.09. The van der Waals surface area contributed by atoms with E-state index in [1.807, 2.05) is 62.4 Å². The number of urea groups is 1. The number of likely N-dealkylation sites (N-methyl/N-ethyl adjacent to an activating group) is 1. The van der Waals surface area contributed by atoms with Gasteiger partial charge in [-0.3, -0.25) is 14.5 Å². The summed E-state index contributed by atoms with van der Waals surface area (Å²) in [5, 5.41) is 2.72. The van der Waals surface area contributed by atoms with Crippen LogP contribution in [0, 0.1) is 13.8 Å². The van der Waals surface area contributed by atoms with Crippen LogP contribution in [-0.2, 0) is 15.1 Å². The van der Waals surface area contributed by atoms with Crippen LogP contribution in [0.4, 0.5) is 4.79 Å². The van der Waals surface area contributed by atoms with Crippen molar-refractivity contribution in [2.24, 2.45) is 0 Å². The van der Waals surface area contributed by atoms with E-state index in [1.165, 1.54) is 4.90 Å². The standard InChI is InChI=1S/C23H27N3O4/c1-16-9-11-18(12-10-16)23(3)21(28)26(22(29)24-23)15-20(27)25(4)13-14-30-19-8-6-5-7-17(19)2/h5-12H,13-15H2,1-4H3,(H,24,29). The predicted octanol–water partition coefficient (Wildman–Crippen LogP) is 2.61. The van der Waals surface area contributed by atoms with Crippen LogP contribution < -0.4 is 10.1 Å². The molecule has 2 aromatic carbocycles. The fraction of sp³-hybridized carbons (Fsp3) is 0.348. The van der Waals surface area contributed by atoms with E-state index in [-0.39, 0.29) is 12.5 Å². The van der Waals surface area contributed by atoms with E-state index < -0.39 is 17.5 Å². The van der Waals surface area contributed by atoms with E-state index in [1.54, 1.807) is 14.0 Å². The van der Waals surface area contributed by atoms with Gasteiger partial charge in [0.05, 0.1) is 6.54 Å². The molecule has 0 aliphatic carbocycles. The van der Waals surface area contributed by atoms with Gasteiger partial charge in [0.1, 0.15) is 24.4 Å². The number of aryl methyl sites for hydroxylation is 2. The van der Waals surface area contributed by atoms with Gasteiger partial charge in [0.25, 0.3) is 5.91 Å². The number of amides is 4.